The van der Waals surface area contributed by atoms with Crippen LogP contribution in [0.15, 0.2) is 16.7 Å². The van der Waals surface area contributed by atoms with Crippen molar-refractivity contribution in [1.29, 1.82) is 0 Å². The van der Waals surface area contributed by atoms with Gasteiger partial charge >= 0.3 is 0 Å². The van der Waals surface area contributed by atoms with Crippen molar-refractivity contribution in [1.82, 2.24) is 4.98 Å². The second-order valence-corrected chi connectivity index (χ2v) is 5.97. The second-order valence-electron chi connectivity index (χ2n) is 4.79. The Labute approximate surface area is 104 Å². The third kappa shape index (κ3) is 2.28. The van der Waals surface area contributed by atoms with Crippen molar-refractivity contribution in [2.45, 2.75) is 19.7 Å². The van der Waals surface area contributed by atoms with Crippen molar-refractivity contribution in [3.05, 3.63) is 22.3 Å². The number of halogens is 2. The Kier molecular flexibility index (Phi) is 2.95. The first-order chi connectivity index (χ1) is 7.02. The minimum Gasteiger partial charge on any atom is -0.355 e. The lowest BCUT2D eigenvalue weighted by Crippen LogP contribution is -2.53. The van der Waals surface area contributed by atoms with Crippen LogP contribution in [0.25, 0.3) is 0 Å². The lowest BCUT2D eigenvalue weighted by molar-refractivity contribution is 0.274. The molecule has 82 valence electrons. The van der Waals surface area contributed by atoms with E-state index in [0.717, 1.165) is 28.9 Å². The van der Waals surface area contributed by atoms with E-state index in [0.29, 0.717) is 11.3 Å². The van der Waals surface area contributed by atoms with E-state index in [4.69, 9.17) is 11.6 Å². The van der Waals surface area contributed by atoms with Gasteiger partial charge < -0.3 is 4.90 Å². The Morgan fingerprint density at radius 2 is 2.20 bits per heavy atom. The fraction of sp³-hybridized carbons (Fsp3) is 0.545. The first kappa shape index (κ1) is 11.2. The highest BCUT2D eigenvalue weighted by Crippen LogP contribution is 2.35. The molecule has 0 radical (unpaired) electrons. The minimum atomic E-state index is 0.415. The molecule has 0 unspecified atom stereocenters. The second kappa shape index (κ2) is 3.95. The van der Waals surface area contributed by atoms with Gasteiger partial charge in [-0.15, -0.1) is 11.6 Å². The van der Waals surface area contributed by atoms with Gasteiger partial charge in [-0.05, 0) is 27.4 Å². The summed E-state index contributed by atoms with van der Waals surface area (Å²) in [5.74, 6) is 1.55. The molecule has 1 fully saturated rings. The predicted octanol–water partition coefficient (Wildman–Crippen LogP) is 3.43. The van der Waals surface area contributed by atoms with Gasteiger partial charge in [-0.3, -0.25) is 0 Å². The van der Waals surface area contributed by atoms with Crippen molar-refractivity contribution in [3.63, 3.8) is 0 Å². The molecule has 2 rings (SSSR count). The molecule has 1 aromatic rings. The number of rotatable bonds is 2. The summed E-state index contributed by atoms with van der Waals surface area (Å²) in [7, 11) is 0. The zero-order valence-corrected chi connectivity index (χ0v) is 11.3. The summed E-state index contributed by atoms with van der Waals surface area (Å²) in [6.07, 6.45) is 1.83. The predicted molar refractivity (Wildman–Crippen MR) is 67.5 cm³/mol. The van der Waals surface area contributed by atoms with Crippen molar-refractivity contribution < 1.29 is 0 Å². The van der Waals surface area contributed by atoms with Crippen LogP contribution in [0.3, 0.4) is 0 Å². The highest BCUT2D eigenvalue weighted by atomic mass is 79.9. The van der Waals surface area contributed by atoms with Crippen LogP contribution in [0.4, 0.5) is 5.82 Å². The zero-order chi connectivity index (χ0) is 11.1. The van der Waals surface area contributed by atoms with Crippen LogP contribution < -0.4 is 4.90 Å². The van der Waals surface area contributed by atoms with Crippen LogP contribution in [-0.4, -0.2) is 18.1 Å². The maximum atomic E-state index is 5.91. The third-order valence-electron chi connectivity index (χ3n) is 2.59. The fourth-order valence-corrected chi connectivity index (χ4v) is 2.57. The molecular weight excluding hydrogens is 275 g/mol. The molecule has 0 atom stereocenters. The Bertz CT molecular complexity index is 371. The molecule has 0 N–H and O–H groups in total. The normalized spacial score (nSPS) is 18.8. The maximum absolute atomic E-state index is 5.91. The average Bonchev–Trinajstić information content (AvgIpc) is 2.14. The van der Waals surface area contributed by atoms with E-state index in [-0.39, 0.29) is 0 Å². The summed E-state index contributed by atoms with van der Waals surface area (Å²) in [4.78, 5) is 6.71. The third-order valence-corrected chi connectivity index (χ3v) is 3.31. The molecule has 1 aliphatic rings. The van der Waals surface area contributed by atoms with Crippen LogP contribution in [0.1, 0.15) is 19.4 Å². The molecular formula is C11H14BrClN2. The van der Waals surface area contributed by atoms with E-state index >= 15 is 0 Å². The Morgan fingerprint density at radius 3 is 2.73 bits per heavy atom. The molecule has 0 aromatic carbocycles. The summed E-state index contributed by atoms with van der Waals surface area (Å²) < 4.78 is 0.988. The number of hydrogen-bond acceptors (Lipinski definition) is 2. The van der Waals surface area contributed by atoms with Gasteiger partial charge in [-0.1, -0.05) is 13.8 Å². The van der Waals surface area contributed by atoms with E-state index in [1.807, 2.05) is 12.3 Å². The Morgan fingerprint density at radius 1 is 1.53 bits per heavy atom. The largest absolute Gasteiger partial charge is 0.355 e. The van der Waals surface area contributed by atoms with Crippen molar-refractivity contribution >= 4 is 33.3 Å². The molecule has 0 spiro atoms. The van der Waals surface area contributed by atoms with E-state index in [1.165, 1.54) is 0 Å². The molecule has 2 nitrogen and oxygen atoms in total. The number of pyridine rings is 1. The molecule has 1 aliphatic heterocycles. The van der Waals surface area contributed by atoms with Crippen molar-refractivity contribution in [2.75, 3.05) is 18.0 Å². The lowest BCUT2D eigenvalue weighted by atomic mass is 9.84. The Balaban J connectivity index is 2.22. The van der Waals surface area contributed by atoms with Gasteiger partial charge in [0.2, 0.25) is 0 Å². The van der Waals surface area contributed by atoms with E-state index in [2.05, 4.69) is 39.7 Å². The van der Waals surface area contributed by atoms with Crippen LogP contribution >= 0.6 is 27.5 Å². The molecule has 4 heteroatoms. The molecule has 0 saturated carbocycles. The summed E-state index contributed by atoms with van der Waals surface area (Å²) in [5, 5.41) is 0. The van der Waals surface area contributed by atoms with Gasteiger partial charge in [0.15, 0.2) is 0 Å². The van der Waals surface area contributed by atoms with Crippen LogP contribution in [0.5, 0.6) is 0 Å². The summed E-state index contributed by atoms with van der Waals surface area (Å²) in [5.41, 5.74) is 1.51. The minimum absolute atomic E-state index is 0.415. The van der Waals surface area contributed by atoms with Crippen molar-refractivity contribution in [2.24, 2.45) is 5.41 Å². The average molecular weight is 290 g/mol. The zero-order valence-electron chi connectivity index (χ0n) is 8.93. The van der Waals surface area contributed by atoms with Crippen LogP contribution in [0, 0.1) is 5.41 Å². The molecule has 0 aliphatic carbocycles. The molecule has 1 saturated heterocycles. The van der Waals surface area contributed by atoms with E-state index in [9.17, 15) is 0 Å². The summed E-state index contributed by atoms with van der Waals surface area (Å²) in [6.45, 7) is 6.66. The number of alkyl halides is 1. The quantitative estimate of drug-likeness (QED) is 0.776. The molecule has 0 amide bonds. The maximum Gasteiger partial charge on any atom is 0.133 e. The molecule has 0 bridgehead atoms. The van der Waals surface area contributed by atoms with E-state index < -0.39 is 0 Å². The van der Waals surface area contributed by atoms with Gasteiger partial charge in [-0.2, -0.15) is 0 Å². The number of nitrogens with zero attached hydrogens (tertiary/aromatic N) is 2. The van der Waals surface area contributed by atoms with Gasteiger partial charge in [0.25, 0.3) is 0 Å². The first-order valence-electron chi connectivity index (χ1n) is 4.97. The molecule has 1 aromatic heterocycles. The monoisotopic (exact) mass is 288 g/mol. The van der Waals surface area contributed by atoms with E-state index in [1.54, 1.807) is 0 Å². The van der Waals surface area contributed by atoms with Gasteiger partial charge in [0.1, 0.15) is 5.82 Å². The smallest absolute Gasteiger partial charge is 0.133 e. The van der Waals surface area contributed by atoms with Crippen molar-refractivity contribution in [3.8, 4) is 0 Å². The number of anilines is 1. The number of hydrogen-bond donors (Lipinski definition) is 0. The standard InChI is InChI=1S/C11H14BrClN2/c1-11(2)6-15(7-11)10-8(4-13)3-9(12)5-14-10/h3,5H,4,6-7H2,1-2H3. The SMILES string of the molecule is CC1(C)CN(c2ncc(Br)cc2CCl)C1. The number of aromatic nitrogens is 1. The van der Waals surface area contributed by atoms with Gasteiger partial charge in [-0.25, -0.2) is 4.98 Å². The molecule has 2 heterocycles. The molecule has 15 heavy (non-hydrogen) atoms. The topological polar surface area (TPSA) is 16.1 Å². The first-order valence-corrected chi connectivity index (χ1v) is 6.30. The lowest BCUT2D eigenvalue weighted by Gasteiger charge is -2.47. The van der Waals surface area contributed by atoms with Crippen LogP contribution in [-0.2, 0) is 5.88 Å². The van der Waals surface area contributed by atoms with Gasteiger partial charge in [0.05, 0.1) is 5.88 Å². The van der Waals surface area contributed by atoms with Crippen LogP contribution in [0.2, 0.25) is 0 Å². The summed E-state index contributed by atoms with van der Waals surface area (Å²) in [6, 6.07) is 2.04. The summed E-state index contributed by atoms with van der Waals surface area (Å²) >= 11 is 9.32. The fourth-order valence-electron chi connectivity index (χ4n) is 1.99. The van der Waals surface area contributed by atoms with Gasteiger partial charge in [0, 0.05) is 29.3 Å². The Hall–Kier alpha value is -0.280. The highest BCUT2D eigenvalue weighted by molar-refractivity contribution is 9.10. The highest BCUT2D eigenvalue weighted by Gasteiger charge is 2.35.